The molecule has 4 rings (SSSR count). The summed E-state index contributed by atoms with van der Waals surface area (Å²) in [4.78, 5) is 11.4. The van der Waals surface area contributed by atoms with Gasteiger partial charge in [-0.15, -0.1) is 11.6 Å². The van der Waals surface area contributed by atoms with Crippen LogP contribution in [0, 0.1) is 18.3 Å². The quantitative estimate of drug-likeness (QED) is 0.610. The van der Waals surface area contributed by atoms with Gasteiger partial charge in [-0.05, 0) is 41.5 Å². The van der Waals surface area contributed by atoms with E-state index in [1.165, 1.54) is 32.9 Å². The smallest absolute Gasteiger partial charge is 0.234 e. The molecule has 1 heterocycles. The number of hydrogen-bond donors (Lipinski definition) is 1. The number of aryl methyl sites for hydroxylation is 1. The molecule has 0 saturated heterocycles. The van der Waals surface area contributed by atoms with Crippen molar-refractivity contribution in [3.05, 3.63) is 47.7 Å². The van der Waals surface area contributed by atoms with E-state index in [0.29, 0.717) is 18.4 Å². The van der Waals surface area contributed by atoms with Gasteiger partial charge >= 0.3 is 0 Å². The van der Waals surface area contributed by atoms with Crippen molar-refractivity contribution in [1.82, 2.24) is 9.88 Å². The summed E-state index contributed by atoms with van der Waals surface area (Å²) >= 11 is 5.59. The van der Waals surface area contributed by atoms with E-state index in [0.717, 1.165) is 6.42 Å². The predicted molar refractivity (Wildman–Crippen MR) is 114 cm³/mol. The van der Waals surface area contributed by atoms with Crippen molar-refractivity contribution in [3.8, 4) is 0 Å². The lowest BCUT2D eigenvalue weighted by Gasteiger charge is -2.04. The Balaban J connectivity index is 1.73. The van der Waals surface area contributed by atoms with E-state index in [2.05, 4.69) is 74.1 Å². The van der Waals surface area contributed by atoms with E-state index in [1.54, 1.807) is 0 Å². The van der Waals surface area contributed by atoms with E-state index in [4.69, 9.17) is 11.6 Å². The Labute approximate surface area is 165 Å². The minimum absolute atomic E-state index is 0.0347. The van der Waals surface area contributed by atoms with Gasteiger partial charge in [-0.3, -0.25) is 4.79 Å². The summed E-state index contributed by atoms with van der Waals surface area (Å²) in [6.45, 7) is 7.64. The van der Waals surface area contributed by atoms with Gasteiger partial charge in [-0.25, -0.2) is 0 Å². The van der Waals surface area contributed by atoms with Gasteiger partial charge in [0.1, 0.15) is 5.88 Å². The third-order valence-electron chi connectivity index (χ3n) is 6.68. The number of hydrogen-bond acceptors (Lipinski definition) is 1. The van der Waals surface area contributed by atoms with Gasteiger partial charge in [0.05, 0.1) is 5.52 Å². The Morgan fingerprint density at radius 1 is 1.19 bits per heavy atom. The molecule has 1 amide bonds. The Morgan fingerprint density at radius 3 is 2.67 bits per heavy atom. The van der Waals surface area contributed by atoms with E-state index >= 15 is 0 Å². The molecule has 0 spiro atoms. The molecule has 1 N–H and O–H groups in total. The Bertz CT molecular complexity index is 1030. The largest absolute Gasteiger partial charge is 0.355 e. The van der Waals surface area contributed by atoms with E-state index in [1.807, 2.05) is 0 Å². The second-order valence-electron chi connectivity index (χ2n) is 8.42. The molecule has 1 aromatic heterocycles. The zero-order valence-corrected chi connectivity index (χ0v) is 17.2. The van der Waals surface area contributed by atoms with Crippen LogP contribution in [0.2, 0.25) is 0 Å². The van der Waals surface area contributed by atoms with Crippen LogP contribution >= 0.6 is 11.6 Å². The first-order valence-electron chi connectivity index (χ1n) is 9.67. The van der Waals surface area contributed by atoms with E-state index in [9.17, 15) is 4.79 Å². The Hall–Kier alpha value is -2.00. The number of halogens is 1. The third-order valence-corrected chi connectivity index (χ3v) is 6.92. The fourth-order valence-corrected chi connectivity index (χ4v) is 5.13. The summed E-state index contributed by atoms with van der Waals surface area (Å²) in [6.07, 6.45) is 0.990. The number of carbonyl (C=O) groups excluding carboxylic acids is 1. The van der Waals surface area contributed by atoms with Crippen LogP contribution in [-0.2, 0) is 11.8 Å². The molecule has 1 fully saturated rings. The highest BCUT2D eigenvalue weighted by atomic mass is 35.5. The summed E-state index contributed by atoms with van der Waals surface area (Å²) in [5.74, 6) is 1.05. The van der Waals surface area contributed by atoms with Gasteiger partial charge in [0.15, 0.2) is 0 Å². The monoisotopic (exact) mass is 382 g/mol. The Kier molecular flexibility index (Phi) is 4.46. The molecule has 2 aromatic carbocycles. The van der Waals surface area contributed by atoms with Crippen LogP contribution in [-0.4, -0.2) is 22.9 Å². The number of alkyl halides is 1. The molecule has 3 nitrogen and oxygen atoms in total. The second kappa shape index (κ2) is 6.56. The first-order chi connectivity index (χ1) is 12.9. The van der Waals surface area contributed by atoms with Gasteiger partial charge in [-0.1, -0.05) is 50.2 Å². The molecule has 27 heavy (non-hydrogen) atoms. The number of amides is 1. The zero-order chi connectivity index (χ0) is 19.3. The van der Waals surface area contributed by atoms with Gasteiger partial charge in [0, 0.05) is 30.1 Å². The fraction of sp³-hybridized carbons (Fsp3) is 0.435. The van der Waals surface area contributed by atoms with Crippen LogP contribution < -0.4 is 5.32 Å². The number of rotatable bonds is 5. The van der Waals surface area contributed by atoms with E-state index < -0.39 is 0 Å². The van der Waals surface area contributed by atoms with Crippen LogP contribution in [0.1, 0.15) is 37.4 Å². The average Bonchev–Trinajstić information content (AvgIpc) is 3.09. The van der Waals surface area contributed by atoms with Crippen molar-refractivity contribution in [2.45, 2.75) is 33.1 Å². The topological polar surface area (TPSA) is 34.0 Å². The van der Waals surface area contributed by atoms with Crippen molar-refractivity contribution in [3.63, 3.8) is 0 Å². The lowest BCUT2D eigenvalue weighted by molar-refractivity contribution is -0.118. The Morgan fingerprint density at radius 2 is 1.93 bits per heavy atom. The first kappa shape index (κ1) is 18.4. The summed E-state index contributed by atoms with van der Waals surface area (Å²) < 4.78 is 2.35. The average molecular weight is 383 g/mol. The molecule has 4 heteroatoms. The van der Waals surface area contributed by atoms with Crippen molar-refractivity contribution in [1.29, 1.82) is 0 Å². The van der Waals surface area contributed by atoms with Crippen molar-refractivity contribution < 1.29 is 4.79 Å². The highest BCUT2D eigenvalue weighted by Crippen LogP contribution is 2.67. The zero-order valence-electron chi connectivity index (χ0n) is 16.5. The van der Waals surface area contributed by atoms with Gasteiger partial charge in [0.2, 0.25) is 5.91 Å². The standard InChI is InChI=1S/C23H27ClN2O/c1-14-20(21-18(23(21,2)3)11-12-25-19(27)13-24)17-10-9-15-7-5-6-8-16(15)22(17)26(14)4/h5-10,18,21H,11-13H2,1-4H3,(H,25,27)/t18-,21-/m1/s1. The summed E-state index contributed by atoms with van der Waals surface area (Å²) in [7, 11) is 2.18. The number of fused-ring (bicyclic) bond motifs is 3. The molecule has 2 atom stereocenters. The molecule has 142 valence electrons. The van der Waals surface area contributed by atoms with Crippen molar-refractivity contribution in [2.75, 3.05) is 12.4 Å². The number of benzene rings is 2. The van der Waals surface area contributed by atoms with Crippen LogP contribution in [0.15, 0.2) is 36.4 Å². The second-order valence-corrected chi connectivity index (χ2v) is 8.69. The maximum atomic E-state index is 11.4. The van der Waals surface area contributed by atoms with Gasteiger partial charge in [-0.2, -0.15) is 0 Å². The number of nitrogens with one attached hydrogen (secondary N) is 1. The van der Waals surface area contributed by atoms with Crippen molar-refractivity contribution >= 4 is 39.2 Å². The SMILES string of the molecule is Cc1c([C@H]2[C@@H](CCNC(=O)CCl)C2(C)C)c2ccc3ccccc3c2n1C. The molecule has 0 radical (unpaired) electrons. The van der Waals surface area contributed by atoms with E-state index in [-0.39, 0.29) is 17.2 Å². The van der Waals surface area contributed by atoms with Crippen LogP contribution in [0.4, 0.5) is 0 Å². The summed E-state index contributed by atoms with van der Waals surface area (Å²) in [5.41, 5.74) is 4.41. The molecule has 0 bridgehead atoms. The molecule has 0 unspecified atom stereocenters. The lowest BCUT2D eigenvalue weighted by Crippen LogP contribution is -2.25. The summed E-state index contributed by atoms with van der Waals surface area (Å²) in [5, 5.41) is 6.89. The third kappa shape index (κ3) is 2.84. The maximum absolute atomic E-state index is 11.4. The normalized spacial score (nSPS) is 20.9. The number of carbonyl (C=O) groups is 1. The van der Waals surface area contributed by atoms with Crippen molar-refractivity contribution in [2.24, 2.45) is 18.4 Å². The number of nitrogens with zero attached hydrogens (tertiary/aromatic N) is 1. The van der Waals surface area contributed by atoms with Crippen LogP contribution in [0.5, 0.6) is 0 Å². The molecule has 1 aliphatic carbocycles. The first-order valence-corrected chi connectivity index (χ1v) is 10.2. The van der Waals surface area contributed by atoms with Gasteiger partial charge in [0.25, 0.3) is 0 Å². The molecular formula is C23H27ClN2O. The molecular weight excluding hydrogens is 356 g/mol. The maximum Gasteiger partial charge on any atom is 0.234 e. The minimum Gasteiger partial charge on any atom is -0.355 e. The number of aromatic nitrogens is 1. The molecule has 0 aliphatic heterocycles. The fourth-order valence-electron chi connectivity index (χ4n) is 5.04. The van der Waals surface area contributed by atoms with Crippen LogP contribution in [0.3, 0.4) is 0 Å². The predicted octanol–water partition coefficient (Wildman–Crippen LogP) is 5.12. The minimum atomic E-state index is -0.0838. The van der Waals surface area contributed by atoms with Gasteiger partial charge < -0.3 is 9.88 Å². The van der Waals surface area contributed by atoms with Crippen LogP contribution in [0.25, 0.3) is 21.7 Å². The molecule has 1 aliphatic rings. The lowest BCUT2D eigenvalue weighted by atomic mass is 9.98. The molecule has 3 aromatic rings. The molecule has 1 saturated carbocycles. The highest BCUT2D eigenvalue weighted by molar-refractivity contribution is 6.27. The summed E-state index contributed by atoms with van der Waals surface area (Å²) in [6, 6.07) is 13.2. The highest BCUT2D eigenvalue weighted by Gasteiger charge is 2.58.